The Morgan fingerprint density at radius 1 is 1.14 bits per heavy atom. The van der Waals surface area contributed by atoms with Crippen LogP contribution in [0.2, 0.25) is 0 Å². The number of hydrogen-bond acceptors (Lipinski definition) is 3. The van der Waals surface area contributed by atoms with Crippen LogP contribution < -0.4 is 4.90 Å². The lowest BCUT2D eigenvalue weighted by molar-refractivity contribution is -0.906. The average molecular weight is 333 g/mol. The molecule has 1 aliphatic heterocycles. The third-order valence-electron chi connectivity index (χ3n) is 3.67. The molecule has 0 atom stereocenters. The first kappa shape index (κ1) is 20.7. The van der Waals surface area contributed by atoms with E-state index in [9.17, 15) is 13.2 Å². The number of likely N-dealkylation sites (tertiary alicyclic amines) is 1. The fraction of sp³-hybridized carbons (Fsp3) is 1.00. The van der Waals surface area contributed by atoms with E-state index < -0.39 is 15.6 Å². The molecule has 0 aromatic heterocycles. The maximum Gasteiger partial charge on any atom is 0.485 e. The second kappa shape index (κ2) is 9.63. The van der Waals surface area contributed by atoms with Gasteiger partial charge in [-0.3, -0.25) is 0 Å². The van der Waals surface area contributed by atoms with Crippen molar-refractivity contribution in [3.05, 3.63) is 0 Å². The van der Waals surface area contributed by atoms with E-state index in [1.807, 2.05) is 4.90 Å². The van der Waals surface area contributed by atoms with E-state index in [0.717, 1.165) is 5.92 Å². The van der Waals surface area contributed by atoms with Gasteiger partial charge in [-0.05, 0) is 25.2 Å². The summed E-state index contributed by atoms with van der Waals surface area (Å²) >= 11 is 0. The highest BCUT2D eigenvalue weighted by Crippen LogP contribution is 2.20. The molecule has 1 heterocycles. The fourth-order valence-corrected chi connectivity index (χ4v) is 2.47. The summed E-state index contributed by atoms with van der Waals surface area (Å²) < 4.78 is 58.9. The van der Waals surface area contributed by atoms with Gasteiger partial charge in [0.2, 0.25) is 0 Å². The molecule has 1 aliphatic rings. The Hall–Kier alpha value is -0.340. The number of nitrogens with one attached hydrogen (secondary N) is 1. The van der Waals surface area contributed by atoms with Crippen LogP contribution in [0.5, 0.6) is 0 Å². The Kier molecular flexibility index (Phi) is 9.48. The molecule has 128 valence electrons. The van der Waals surface area contributed by atoms with Gasteiger partial charge in [-0.2, -0.15) is 13.2 Å². The average Bonchev–Trinajstić information content (AvgIpc) is 2.37. The van der Waals surface area contributed by atoms with Crippen LogP contribution >= 0.6 is 0 Å². The van der Waals surface area contributed by atoms with Gasteiger partial charge in [-0.1, -0.05) is 33.1 Å². The Bertz CT molecular complexity index is 363. The highest BCUT2D eigenvalue weighted by atomic mass is 32.2. The second-order valence-corrected chi connectivity index (χ2v) is 6.86. The van der Waals surface area contributed by atoms with Crippen LogP contribution in [-0.2, 0) is 10.1 Å². The van der Waals surface area contributed by atoms with Crippen LogP contribution in [0.3, 0.4) is 0 Å². The summed E-state index contributed by atoms with van der Waals surface area (Å²) in [6.07, 6.45) is 8.67. The number of quaternary nitrogens is 1. The molecule has 0 unspecified atom stereocenters. The van der Waals surface area contributed by atoms with Gasteiger partial charge in [-0.15, -0.1) is 0 Å². The zero-order chi connectivity index (χ0) is 16.5. The smallest absolute Gasteiger partial charge is 0.485 e. The molecule has 1 saturated heterocycles. The van der Waals surface area contributed by atoms with Crippen molar-refractivity contribution in [3.63, 3.8) is 0 Å². The number of piperidine rings is 1. The van der Waals surface area contributed by atoms with E-state index >= 15 is 0 Å². The lowest BCUT2D eigenvalue weighted by Crippen LogP contribution is -3.13. The van der Waals surface area contributed by atoms with Crippen molar-refractivity contribution in [1.29, 1.82) is 0 Å². The van der Waals surface area contributed by atoms with Gasteiger partial charge in [-0.25, -0.2) is 8.42 Å². The van der Waals surface area contributed by atoms with Gasteiger partial charge in [0.05, 0.1) is 19.6 Å². The van der Waals surface area contributed by atoms with Crippen LogP contribution in [0.15, 0.2) is 0 Å². The molecule has 4 nitrogen and oxygen atoms in total. The van der Waals surface area contributed by atoms with E-state index in [1.165, 1.54) is 58.2 Å². The van der Waals surface area contributed by atoms with Gasteiger partial charge in [0, 0.05) is 0 Å². The Morgan fingerprint density at radius 2 is 1.62 bits per heavy atom. The lowest BCUT2D eigenvalue weighted by Gasteiger charge is -2.28. The Balaban J connectivity index is 0.000000433. The number of alkyl halides is 3. The third-order valence-corrected chi connectivity index (χ3v) is 4.23. The summed E-state index contributed by atoms with van der Waals surface area (Å²) in [4.78, 5) is 1.86. The highest BCUT2D eigenvalue weighted by molar-refractivity contribution is 7.86. The highest BCUT2D eigenvalue weighted by Gasteiger charge is 2.36. The van der Waals surface area contributed by atoms with Crippen molar-refractivity contribution in [2.24, 2.45) is 5.92 Å². The molecule has 0 aromatic carbocycles. The zero-order valence-corrected chi connectivity index (χ0v) is 13.5. The van der Waals surface area contributed by atoms with Crippen molar-refractivity contribution < 1.29 is 31.0 Å². The summed E-state index contributed by atoms with van der Waals surface area (Å²) in [5.74, 6) is 1.07. The molecule has 0 saturated carbocycles. The predicted octanol–water partition coefficient (Wildman–Crippen LogP) is 1.93. The monoisotopic (exact) mass is 333 g/mol. The third kappa shape index (κ3) is 9.31. The topological polar surface area (TPSA) is 61.6 Å². The summed E-state index contributed by atoms with van der Waals surface area (Å²) in [7, 11) is -6.09. The fourth-order valence-electron chi connectivity index (χ4n) is 2.47. The van der Waals surface area contributed by atoms with E-state index in [4.69, 9.17) is 13.0 Å². The zero-order valence-electron chi connectivity index (χ0n) is 12.7. The first-order valence-corrected chi connectivity index (χ1v) is 8.88. The van der Waals surface area contributed by atoms with Crippen LogP contribution in [0.1, 0.15) is 52.4 Å². The summed E-state index contributed by atoms with van der Waals surface area (Å²) in [6, 6.07) is 0. The molecule has 1 N–H and O–H groups in total. The summed E-state index contributed by atoms with van der Waals surface area (Å²) in [5, 5.41) is 0. The van der Waals surface area contributed by atoms with Gasteiger partial charge < -0.3 is 9.45 Å². The van der Waals surface area contributed by atoms with Crippen molar-refractivity contribution in [1.82, 2.24) is 0 Å². The van der Waals surface area contributed by atoms with Crippen LogP contribution in [0, 0.1) is 5.92 Å². The number of hydrogen-bond donors (Lipinski definition) is 1. The maximum absolute atomic E-state index is 10.7. The molecule has 0 bridgehead atoms. The van der Waals surface area contributed by atoms with Gasteiger partial charge >= 0.3 is 5.51 Å². The molecule has 0 aliphatic carbocycles. The van der Waals surface area contributed by atoms with E-state index in [-0.39, 0.29) is 0 Å². The predicted molar refractivity (Wildman–Crippen MR) is 73.9 cm³/mol. The molecule has 0 amide bonds. The van der Waals surface area contributed by atoms with Crippen molar-refractivity contribution in [2.45, 2.75) is 57.9 Å². The standard InChI is InChI=1S/C12H25N.CHF3O3S/c1-3-5-6-12-7-10-13(9-4-2)11-8-12;2-1(3,4)8(5,6)7/h12H,3-11H2,1-2H3;(H,5,6,7). The quantitative estimate of drug-likeness (QED) is 0.618. The van der Waals surface area contributed by atoms with Crippen molar-refractivity contribution in [2.75, 3.05) is 19.6 Å². The Labute approximate surface area is 125 Å². The number of rotatable bonds is 5. The normalized spacial score (nSPS) is 23.3. The summed E-state index contributed by atoms with van der Waals surface area (Å²) in [6.45, 7) is 8.90. The molecule has 0 aromatic rings. The minimum absolute atomic E-state index is 1.07. The first-order chi connectivity index (χ1) is 9.61. The molecular weight excluding hydrogens is 307 g/mol. The van der Waals surface area contributed by atoms with Gasteiger partial charge in [0.1, 0.15) is 0 Å². The minimum Gasteiger partial charge on any atom is -0.741 e. The van der Waals surface area contributed by atoms with Crippen molar-refractivity contribution >= 4 is 10.1 Å². The second-order valence-electron chi connectivity index (χ2n) is 5.49. The van der Waals surface area contributed by atoms with E-state index in [1.54, 1.807) is 0 Å². The minimum atomic E-state index is -6.09. The number of unbranched alkanes of at least 4 members (excludes halogenated alkanes) is 1. The molecule has 0 spiro atoms. The first-order valence-electron chi connectivity index (χ1n) is 7.47. The van der Waals surface area contributed by atoms with Crippen molar-refractivity contribution in [3.8, 4) is 0 Å². The number of halogens is 3. The van der Waals surface area contributed by atoms with Crippen LogP contribution in [0.25, 0.3) is 0 Å². The largest absolute Gasteiger partial charge is 0.741 e. The molecule has 21 heavy (non-hydrogen) atoms. The molecule has 1 fully saturated rings. The van der Waals surface area contributed by atoms with Gasteiger partial charge in [0.25, 0.3) is 0 Å². The summed E-state index contributed by atoms with van der Waals surface area (Å²) in [5.41, 5.74) is -5.65. The SMILES string of the molecule is CCCCC1CC[NH+](CCC)CC1.O=S(=O)([O-])C(F)(F)F. The molecule has 0 radical (unpaired) electrons. The molecule has 8 heteroatoms. The maximum atomic E-state index is 10.7. The molecular formula is C13H26F3NO3S. The van der Waals surface area contributed by atoms with Gasteiger partial charge in [0.15, 0.2) is 10.1 Å². The Morgan fingerprint density at radius 3 is 1.95 bits per heavy atom. The van der Waals surface area contributed by atoms with Crippen LogP contribution in [-0.4, -0.2) is 38.1 Å². The van der Waals surface area contributed by atoms with Crippen LogP contribution in [0.4, 0.5) is 13.2 Å². The van der Waals surface area contributed by atoms with E-state index in [0.29, 0.717) is 0 Å². The lowest BCUT2D eigenvalue weighted by atomic mass is 9.92. The molecule has 1 rings (SSSR count). The van der Waals surface area contributed by atoms with E-state index in [2.05, 4.69) is 13.8 Å².